The van der Waals surface area contributed by atoms with E-state index in [0.29, 0.717) is 6.54 Å². The quantitative estimate of drug-likeness (QED) is 0.922. The molecule has 7 heteroatoms. The molecular weight excluding hydrogens is 298 g/mol. The fourth-order valence-corrected chi connectivity index (χ4v) is 2.87. The second kappa shape index (κ2) is 6.28. The number of rotatable bonds is 4. The molecule has 3 rings (SSSR count). The number of imidazole rings is 1. The van der Waals surface area contributed by atoms with Crippen molar-refractivity contribution >= 4 is 5.91 Å². The molecule has 1 aliphatic heterocycles. The lowest BCUT2D eigenvalue weighted by molar-refractivity contribution is 0.0918. The van der Waals surface area contributed by atoms with Crippen LogP contribution in [-0.4, -0.2) is 29.1 Å². The van der Waals surface area contributed by atoms with Crippen LogP contribution in [-0.2, 0) is 6.54 Å². The van der Waals surface area contributed by atoms with Crippen LogP contribution in [0.15, 0.2) is 27.7 Å². The minimum absolute atomic E-state index is 0.0221. The van der Waals surface area contributed by atoms with Crippen molar-refractivity contribution in [1.82, 2.24) is 14.9 Å². The van der Waals surface area contributed by atoms with Gasteiger partial charge in [-0.3, -0.25) is 9.59 Å². The molecule has 0 aromatic carbocycles. The predicted octanol–water partition coefficient (Wildman–Crippen LogP) is 1.46. The Hall–Kier alpha value is -2.57. The number of fused-ring (bicyclic) bond motifs is 1. The summed E-state index contributed by atoms with van der Waals surface area (Å²) >= 11 is 0. The van der Waals surface area contributed by atoms with Crippen LogP contribution < -0.4 is 15.5 Å². The van der Waals surface area contributed by atoms with E-state index < -0.39 is 5.91 Å². The summed E-state index contributed by atoms with van der Waals surface area (Å²) in [6.45, 7) is 3.39. The number of nitrogens with one attached hydrogen (secondary N) is 1. The summed E-state index contributed by atoms with van der Waals surface area (Å²) in [6, 6.07) is 1.14. The monoisotopic (exact) mass is 317 g/mol. The number of nitrogens with zero attached hydrogens (tertiary/aromatic N) is 2. The summed E-state index contributed by atoms with van der Waals surface area (Å²) in [5, 5.41) is 2.82. The van der Waals surface area contributed by atoms with Crippen LogP contribution in [0.25, 0.3) is 0 Å². The van der Waals surface area contributed by atoms with E-state index in [1.165, 1.54) is 7.11 Å². The van der Waals surface area contributed by atoms with E-state index in [4.69, 9.17) is 9.15 Å². The third kappa shape index (κ3) is 3.13. The minimum Gasteiger partial charge on any atom is -0.490 e. The zero-order chi connectivity index (χ0) is 16.4. The molecule has 0 spiro atoms. The van der Waals surface area contributed by atoms with Gasteiger partial charge in [0.05, 0.1) is 12.8 Å². The molecule has 2 aromatic heterocycles. The van der Waals surface area contributed by atoms with E-state index in [2.05, 4.69) is 14.9 Å². The van der Waals surface area contributed by atoms with Crippen molar-refractivity contribution in [2.24, 2.45) is 0 Å². The van der Waals surface area contributed by atoms with Gasteiger partial charge in [0.15, 0.2) is 5.76 Å². The maximum absolute atomic E-state index is 12.1. The van der Waals surface area contributed by atoms with Crippen molar-refractivity contribution in [3.05, 3.63) is 46.0 Å². The molecule has 1 amide bonds. The van der Waals surface area contributed by atoms with Gasteiger partial charge in [0.25, 0.3) is 5.91 Å². The van der Waals surface area contributed by atoms with Gasteiger partial charge in [-0.15, -0.1) is 0 Å². The van der Waals surface area contributed by atoms with Crippen LogP contribution in [0.1, 0.15) is 40.8 Å². The highest BCUT2D eigenvalue weighted by Crippen LogP contribution is 2.26. The molecule has 0 radical (unpaired) electrons. The van der Waals surface area contributed by atoms with Gasteiger partial charge in [0, 0.05) is 31.3 Å². The molecule has 7 nitrogen and oxygen atoms in total. The molecule has 1 unspecified atom stereocenters. The largest absolute Gasteiger partial charge is 0.490 e. The molecule has 3 heterocycles. The highest BCUT2D eigenvalue weighted by atomic mass is 16.5. The molecule has 0 saturated heterocycles. The normalized spacial score (nSPS) is 16.7. The van der Waals surface area contributed by atoms with Crippen molar-refractivity contribution in [1.29, 1.82) is 0 Å². The van der Waals surface area contributed by atoms with Crippen LogP contribution in [0.2, 0.25) is 0 Å². The van der Waals surface area contributed by atoms with Crippen LogP contribution in [0.4, 0.5) is 0 Å². The molecule has 23 heavy (non-hydrogen) atoms. The lowest BCUT2D eigenvalue weighted by Crippen LogP contribution is -2.31. The molecule has 1 N–H and O–H groups in total. The number of hydrogen-bond acceptors (Lipinski definition) is 5. The van der Waals surface area contributed by atoms with Gasteiger partial charge >= 0.3 is 0 Å². The van der Waals surface area contributed by atoms with Crippen LogP contribution in [0.5, 0.6) is 5.75 Å². The molecule has 0 saturated carbocycles. The summed E-state index contributed by atoms with van der Waals surface area (Å²) in [5.41, 5.74) is 0.604. The number of carbonyl (C=O) groups excluding carboxylic acids is 1. The molecular formula is C16H19N3O4. The predicted molar refractivity (Wildman–Crippen MR) is 82.8 cm³/mol. The van der Waals surface area contributed by atoms with E-state index in [1.807, 2.05) is 13.1 Å². The fraction of sp³-hybridized carbons (Fsp3) is 0.438. The van der Waals surface area contributed by atoms with Crippen LogP contribution in [0.3, 0.4) is 0 Å². The minimum atomic E-state index is -0.412. The van der Waals surface area contributed by atoms with Gasteiger partial charge in [-0.2, -0.15) is 0 Å². The Labute approximate surface area is 133 Å². The molecule has 2 aromatic rings. The average molecular weight is 317 g/mol. The Bertz CT molecular complexity index is 778. The van der Waals surface area contributed by atoms with Crippen molar-refractivity contribution in [3.8, 4) is 5.75 Å². The maximum atomic E-state index is 12.1. The number of methoxy groups -OCH3 is 1. The van der Waals surface area contributed by atoms with E-state index >= 15 is 0 Å². The van der Waals surface area contributed by atoms with Crippen molar-refractivity contribution in [2.75, 3.05) is 13.7 Å². The molecule has 0 fully saturated rings. The SMILES string of the molecule is COc1coc(C(=O)NCC2CCCn3cc(C)nc32)cc1=O. The Morgan fingerprint density at radius 1 is 1.57 bits per heavy atom. The number of amides is 1. The third-order valence-corrected chi connectivity index (χ3v) is 4.00. The van der Waals surface area contributed by atoms with Crippen LogP contribution in [0, 0.1) is 6.92 Å². The fourth-order valence-electron chi connectivity index (χ4n) is 2.87. The topological polar surface area (TPSA) is 86.4 Å². The molecule has 1 aliphatic rings. The summed E-state index contributed by atoms with van der Waals surface area (Å²) in [4.78, 5) is 28.4. The summed E-state index contributed by atoms with van der Waals surface area (Å²) in [7, 11) is 1.37. The first-order chi connectivity index (χ1) is 11.1. The first kappa shape index (κ1) is 15.3. The summed E-state index contributed by atoms with van der Waals surface area (Å²) in [6.07, 6.45) is 5.21. The number of aryl methyl sites for hydroxylation is 2. The van der Waals surface area contributed by atoms with Crippen LogP contribution >= 0.6 is 0 Å². The number of hydrogen-bond donors (Lipinski definition) is 1. The number of carbonyl (C=O) groups is 1. The molecule has 122 valence electrons. The standard InChI is InChI=1S/C16H19N3O4/c1-10-8-19-5-3-4-11(15(19)18-10)7-17-16(21)13-6-12(20)14(22-2)9-23-13/h6,8-9,11H,3-5,7H2,1-2H3,(H,17,21). The Morgan fingerprint density at radius 2 is 2.39 bits per heavy atom. The maximum Gasteiger partial charge on any atom is 0.287 e. The van der Waals surface area contributed by atoms with E-state index in [1.54, 1.807) is 0 Å². The first-order valence-corrected chi connectivity index (χ1v) is 7.57. The zero-order valence-electron chi connectivity index (χ0n) is 13.2. The van der Waals surface area contributed by atoms with Crippen molar-refractivity contribution in [3.63, 3.8) is 0 Å². The molecule has 1 atom stereocenters. The molecule has 0 bridgehead atoms. The smallest absolute Gasteiger partial charge is 0.287 e. The van der Waals surface area contributed by atoms with E-state index in [0.717, 1.165) is 43.2 Å². The third-order valence-electron chi connectivity index (χ3n) is 4.00. The first-order valence-electron chi connectivity index (χ1n) is 7.57. The lowest BCUT2D eigenvalue weighted by atomic mass is 9.99. The van der Waals surface area contributed by atoms with Gasteiger partial charge in [0.2, 0.25) is 11.2 Å². The Balaban J connectivity index is 1.68. The average Bonchev–Trinajstić information content (AvgIpc) is 2.93. The second-order valence-corrected chi connectivity index (χ2v) is 5.66. The Kier molecular flexibility index (Phi) is 4.18. The van der Waals surface area contributed by atoms with Gasteiger partial charge < -0.3 is 19.0 Å². The Morgan fingerprint density at radius 3 is 3.13 bits per heavy atom. The molecule has 0 aliphatic carbocycles. The summed E-state index contributed by atoms with van der Waals surface area (Å²) < 4.78 is 12.1. The highest BCUT2D eigenvalue weighted by molar-refractivity contribution is 5.91. The number of aromatic nitrogens is 2. The highest BCUT2D eigenvalue weighted by Gasteiger charge is 2.23. The van der Waals surface area contributed by atoms with E-state index in [-0.39, 0.29) is 22.9 Å². The lowest BCUT2D eigenvalue weighted by Gasteiger charge is -2.23. The van der Waals surface area contributed by atoms with Gasteiger partial charge in [-0.1, -0.05) is 0 Å². The van der Waals surface area contributed by atoms with Crippen molar-refractivity contribution in [2.45, 2.75) is 32.2 Å². The van der Waals surface area contributed by atoms with E-state index in [9.17, 15) is 9.59 Å². The zero-order valence-corrected chi connectivity index (χ0v) is 13.2. The summed E-state index contributed by atoms with van der Waals surface area (Å²) in [5.74, 6) is 0.819. The van der Waals surface area contributed by atoms with Crippen molar-refractivity contribution < 1.29 is 13.9 Å². The second-order valence-electron chi connectivity index (χ2n) is 5.66. The number of ether oxygens (including phenoxy) is 1. The van der Waals surface area contributed by atoms with Gasteiger partial charge in [0.1, 0.15) is 12.1 Å². The van der Waals surface area contributed by atoms with Gasteiger partial charge in [-0.05, 0) is 19.8 Å². The van der Waals surface area contributed by atoms with Gasteiger partial charge in [-0.25, -0.2) is 4.98 Å².